The zero-order valence-electron chi connectivity index (χ0n) is 10.3. The van der Waals surface area contributed by atoms with Crippen molar-refractivity contribution >= 4 is 38.1 Å². The molecule has 2 aromatic rings. The Morgan fingerprint density at radius 3 is 2.47 bits per heavy atom. The van der Waals surface area contributed by atoms with E-state index >= 15 is 0 Å². The average Bonchev–Trinajstić information content (AvgIpc) is 2.43. The first-order valence-electron chi connectivity index (χ1n) is 5.75. The molecule has 0 amide bonds. The highest BCUT2D eigenvalue weighted by Gasteiger charge is 2.12. The van der Waals surface area contributed by atoms with E-state index in [1.165, 1.54) is 0 Å². The van der Waals surface area contributed by atoms with E-state index in [1.54, 1.807) is 0 Å². The summed E-state index contributed by atoms with van der Waals surface area (Å²) in [5, 5.41) is 9.83. The lowest BCUT2D eigenvalue weighted by Crippen LogP contribution is -1.88. The lowest BCUT2D eigenvalue weighted by Gasteiger charge is -2.07. The number of halogens is 2. The number of hydrogen-bond donors (Lipinski definition) is 0. The van der Waals surface area contributed by atoms with Gasteiger partial charge in [-0.1, -0.05) is 69.5 Å². The lowest BCUT2D eigenvalue weighted by atomic mass is 10.0. The number of aryl methyl sites for hydroxylation is 1. The fourth-order valence-corrected chi connectivity index (χ4v) is 2.65. The van der Waals surface area contributed by atoms with Gasteiger partial charge in [-0.25, -0.2) is 0 Å². The van der Waals surface area contributed by atoms with Crippen LogP contribution in [0.2, 0.25) is 0 Å². The van der Waals surface area contributed by atoms with Crippen LogP contribution in [0.15, 0.2) is 53.0 Å². The van der Waals surface area contributed by atoms with E-state index in [-0.39, 0.29) is 0 Å². The fraction of sp³-hybridized carbons (Fsp3) is 0.0625. The smallest absolute Gasteiger partial charge is 0.101 e. The first kappa shape index (κ1) is 13.9. The van der Waals surface area contributed by atoms with Crippen LogP contribution in [0.25, 0.3) is 10.6 Å². The number of rotatable bonds is 2. The van der Waals surface area contributed by atoms with Crippen LogP contribution >= 0.6 is 27.5 Å². The van der Waals surface area contributed by atoms with Crippen LogP contribution in [0, 0.1) is 18.3 Å². The minimum Gasteiger partial charge on any atom is -0.192 e. The molecule has 0 fully saturated rings. The monoisotopic (exact) mass is 331 g/mol. The van der Waals surface area contributed by atoms with Crippen molar-refractivity contribution in [3.63, 3.8) is 0 Å². The third-order valence-electron chi connectivity index (χ3n) is 2.75. The Balaban J connectivity index is 2.62. The molecule has 19 heavy (non-hydrogen) atoms. The summed E-state index contributed by atoms with van der Waals surface area (Å²) < 4.78 is 0.881. The predicted molar refractivity (Wildman–Crippen MR) is 83.6 cm³/mol. The molecule has 94 valence electrons. The quantitative estimate of drug-likeness (QED) is 0.534. The Bertz CT molecular complexity index is 669. The summed E-state index contributed by atoms with van der Waals surface area (Å²) in [6.07, 6.45) is 0. The summed E-state index contributed by atoms with van der Waals surface area (Å²) in [5.74, 6) is 0. The Hall–Kier alpha value is -1.56. The molecule has 0 unspecified atom stereocenters. The largest absolute Gasteiger partial charge is 0.192 e. The van der Waals surface area contributed by atoms with Gasteiger partial charge in [0.2, 0.25) is 0 Å². The second kappa shape index (κ2) is 6.06. The predicted octanol–water partition coefficient (Wildman–Crippen LogP) is 5.39. The molecule has 0 radical (unpaired) electrons. The normalized spacial score (nSPS) is 11.7. The Morgan fingerprint density at radius 1 is 1.16 bits per heavy atom. The zero-order valence-corrected chi connectivity index (χ0v) is 12.7. The van der Waals surface area contributed by atoms with E-state index in [0.717, 1.165) is 21.2 Å². The molecule has 0 saturated heterocycles. The fourth-order valence-electron chi connectivity index (χ4n) is 1.79. The molecule has 0 aliphatic rings. The minimum absolute atomic E-state index is 0.462. The van der Waals surface area contributed by atoms with Gasteiger partial charge in [-0.3, -0.25) is 0 Å². The van der Waals surface area contributed by atoms with E-state index in [4.69, 9.17) is 11.6 Å². The molecule has 3 heteroatoms. The van der Waals surface area contributed by atoms with Crippen molar-refractivity contribution < 1.29 is 0 Å². The molecule has 0 aromatic heterocycles. The Morgan fingerprint density at radius 2 is 1.84 bits per heavy atom. The van der Waals surface area contributed by atoms with Crippen LogP contribution in [0.5, 0.6) is 0 Å². The summed E-state index contributed by atoms with van der Waals surface area (Å²) in [6, 6.07) is 17.5. The molecule has 0 spiro atoms. The van der Waals surface area contributed by atoms with Crippen molar-refractivity contribution in [1.29, 1.82) is 5.26 Å². The van der Waals surface area contributed by atoms with Crippen molar-refractivity contribution in [2.75, 3.05) is 0 Å². The first-order chi connectivity index (χ1) is 9.13. The van der Waals surface area contributed by atoms with Crippen molar-refractivity contribution in [2.45, 2.75) is 6.92 Å². The second-order valence-corrected chi connectivity index (χ2v) is 5.38. The molecule has 0 bridgehead atoms. The third kappa shape index (κ3) is 3.07. The van der Waals surface area contributed by atoms with E-state index in [9.17, 15) is 5.26 Å². The third-order valence-corrected chi connectivity index (χ3v) is 3.84. The van der Waals surface area contributed by atoms with E-state index < -0.39 is 0 Å². The van der Waals surface area contributed by atoms with Crippen LogP contribution in [0.1, 0.15) is 16.7 Å². The number of benzene rings is 2. The zero-order chi connectivity index (χ0) is 13.8. The van der Waals surface area contributed by atoms with Crippen molar-refractivity contribution in [3.05, 3.63) is 69.7 Å². The van der Waals surface area contributed by atoms with Gasteiger partial charge in [0.05, 0.1) is 10.6 Å². The topological polar surface area (TPSA) is 23.8 Å². The maximum atomic E-state index is 9.36. The van der Waals surface area contributed by atoms with Gasteiger partial charge in [-0.2, -0.15) is 5.26 Å². The highest BCUT2D eigenvalue weighted by molar-refractivity contribution is 9.10. The first-order valence-corrected chi connectivity index (χ1v) is 6.92. The molecule has 0 atom stereocenters. The van der Waals surface area contributed by atoms with Gasteiger partial charge in [-0.15, -0.1) is 0 Å². The van der Waals surface area contributed by atoms with Crippen LogP contribution in [-0.4, -0.2) is 0 Å². The van der Waals surface area contributed by atoms with Gasteiger partial charge in [0, 0.05) is 10.0 Å². The molecular formula is C16H11BrClN. The van der Waals surface area contributed by atoms with Gasteiger partial charge in [-0.05, 0) is 24.6 Å². The maximum Gasteiger partial charge on any atom is 0.101 e. The number of nitrogens with zero attached hydrogens (tertiary/aromatic N) is 1. The van der Waals surface area contributed by atoms with Crippen molar-refractivity contribution in [3.8, 4) is 6.07 Å². The second-order valence-electron chi connectivity index (χ2n) is 4.15. The van der Waals surface area contributed by atoms with Gasteiger partial charge in [0.25, 0.3) is 0 Å². The number of nitriles is 1. The summed E-state index contributed by atoms with van der Waals surface area (Å²) >= 11 is 9.88. The molecule has 0 aliphatic heterocycles. The van der Waals surface area contributed by atoms with Gasteiger partial charge < -0.3 is 0 Å². The molecule has 2 aromatic carbocycles. The van der Waals surface area contributed by atoms with Crippen LogP contribution in [0.4, 0.5) is 0 Å². The molecule has 0 heterocycles. The average molecular weight is 333 g/mol. The Kier molecular flexibility index (Phi) is 4.42. The van der Waals surface area contributed by atoms with E-state index in [1.807, 2.05) is 55.5 Å². The molecule has 1 nitrogen and oxygen atoms in total. The standard InChI is InChI=1S/C16H11BrClN/c1-11-7-8-15(17)13(9-11)16(18)14(10-19)12-5-3-2-4-6-12/h2-9H,1H3/b16-14+. The van der Waals surface area contributed by atoms with Crippen molar-refractivity contribution in [1.82, 2.24) is 0 Å². The summed E-state index contributed by atoms with van der Waals surface area (Å²) in [7, 11) is 0. The van der Waals surface area contributed by atoms with Gasteiger partial charge in [0.15, 0.2) is 0 Å². The molecular weight excluding hydrogens is 322 g/mol. The highest BCUT2D eigenvalue weighted by atomic mass is 79.9. The summed E-state index contributed by atoms with van der Waals surface area (Å²) in [4.78, 5) is 0. The maximum absolute atomic E-state index is 9.36. The lowest BCUT2D eigenvalue weighted by molar-refractivity contribution is 1.43. The van der Waals surface area contributed by atoms with Crippen LogP contribution < -0.4 is 0 Å². The number of hydrogen-bond acceptors (Lipinski definition) is 1. The number of allylic oxidation sites excluding steroid dienone is 1. The minimum atomic E-state index is 0.462. The summed E-state index contributed by atoms with van der Waals surface area (Å²) in [6.45, 7) is 1.99. The highest BCUT2D eigenvalue weighted by Crippen LogP contribution is 2.34. The molecule has 0 saturated carbocycles. The van der Waals surface area contributed by atoms with Crippen molar-refractivity contribution in [2.24, 2.45) is 0 Å². The van der Waals surface area contributed by atoms with Crippen LogP contribution in [0.3, 0.4) is 0 Å². The Labute approximate surface area is 126 Å². The van der Waals surface area contributed by atoms with Crippen LogP contribution in [-0.2, 0) is 0 Å². The van der Waals surface area contributed by atoms with Gasteiger partial charge >= 0.3 is 0 Å². The molecule has 2 rings (SSSR count). The SMILES string of the molecule is Cc1ccc(Br)c(/C(Cl)=C(/C#N)c2ccccc2)c1. The molecule has 0 aliphatic carbocycles. The van der Waals surface area contributed by atoms with Gasteiger partial charge in [0.1, 0.15) is 6.07 Å². The molecule has 0 N–H and O–H groups in total. The summed E-state index contributed by atoms with van der Waals surface area (Å²) in [5.41, 5.74) is 3.24. The van der Waals surface area contributed by atoms with E-state index in [0.29, 0.717) is 10.6 Å². The van der Waals surface area contributed by atoms with E-state index in [2.05, 4.69) is 22.0 Å².